The summed E-state index contributed by atoms with van der Waals surface area (Å²) in [5.74, 6) is -0.456. The summed E-state index contributed by atoms with van der Waals surface area (Å²) in [6, 6.07) is 19.3. The fourth-order valence-electron chi connectivity index (χ4n) is 2.99. The predicted octanol–water partition coefficient (Wildman–Crippen LogP) is 3.81. The highest BCUT2D eigenvalue weighted by Crippen LogP contribution is 2.30. The van der Waals surface area contributed by atoms with Gasteiger partial charge in [0.2, 0.25) is 0 Å². The Bertz CT molecular complexity index is 1040. The summed E-state index contributed by atoms with van der Waals surface area (Å²) in [7, 11) is -3.88. The van der Waals surface area contributed by atoms with Gasteiger partial charge in [0, 0.05) is 5.69 Å². The number of nitrogens with zero attached hydrogens (tertiary/aromatic N) is 1. The summed E-state index contributed by atoms with van der Waals surface area (Å²) in [6.45, 7) is 3.77. The quantitative estimate of drug-likeness (QED) is 0.607. The van der Waals surface area contributed by atoms with Crippen LogP contribution < -0.4 is 0 Å². The Balaban J connectivity index is 2.24. The third-order valence-electron chi connectivity index (χ3n) is 4.24. The van der Waals surface area contributed by atoms with Crippen LogP contribution in [0.15, 0.2) is 71.6 Å². The van der Waals surface area contributed by atoms with Crippen LogP contribution >= 0.6 is 0 Å². The summed E-state index contributed by atoms with van der Waals surface area (Å²) < 4.78 is 33.1. The Morgan fingerprint density at radius 1 is 1.00 bits per heavy atom. The van der Waals surface area contributed by atoms with Gasteiger partial charge in [0.1, 0.15) is 0 Å². The van der Waals surface area contributed by atoms with E-state index in [1.807, 2.05) is 30.3 Å². The lowest BCUT2D eigenvalue weighted by Crippen LogP contribution is -2.20. The van der Waals surface area contributed by atoms with Gasteiger partial charge in [0.05, 0.1) is 23.6 Å². The molecule has 0 aliphatic rings. The largest absolute Gasteiger partial charge is 0.466 e. The van der Waals surface area contributed by atoms with Gasteiger partial charge < -0.3 is 4.74 Å². The Kier molecular flexibility index (Phi) is 5.46. The fraction of sp³-hybridized carbons (Fsp3) is 0.190. The second kappa shape index (κ2) is 7.80. The van der Waals surface area contributed by atoms with E-state index in [2.05, 4.69) is 0 Å². The molecular formula is C21H21NO4S. The molecule has 0 amide bonds. The monoisotopic (exact) mass is 383 g/mol. The lowest BCUT2D eigenvalue weighted by Gasteiger charge is -2.15. The van der Waals surface area contributed by atoms with E-state index in [0.717, 1.165) is 11.1 Å². The first-order valence-electron chi connectivity index (χ1n) is 8.68. The zero-order chi connectivity index (χ0) is 19.4. The first kappa shape index (κ1) is 18.9. The van der Waals surface area contributed by atoms with E-state index in [9.17, 15) is 13.2 Å². The molecule has 0 saturated heterocycles. The van der Waals surface area contributed by atoms with E-state index in [4.69, 9.17) is 4.74 Å². The number of aryl methyl sites for hydroxylation is 1. The van der Waals surface area contributed by atoms with Crippen LogP contribution in [-0.2, 0) is 26.0 Å². The SMILES string of the molecule is CCOC(=O)Cc1c(C)cc(-c2ccccc2)n1S(=O)(=O)c1ccccc1. The van der Waals surface area contributed by atoms with Gasteiger partial charge in [-0.05, 0) is 43.2 Å². The van der Waals surface area contributed by atoms with Crippen molar-refractivity contribution in [2.24, 2.45) is 0 Å². The van der Waals surface area contributed by atoms with Crippen LogP contribution in [-0.4, -0.2) is 25.0 Å². The molecule has 0 fully saturated rings. The van der Waals surface area contributed by atoms with Crippen LogP contribution in [0.2, 0.25) is 0 Å². The van der Waals surface area contributed by atoms with Crippen molar-refractivity contribution < 1.29 is 17.9 Å². The van der Waals surface area contributed by atoms with Crippen LogP contribution in [0.3, 0.4) is 0 Å². The van der Waals surface area contributed by atoms with Gasteiger partial charge in [-0.1, -0.05) is 48.5 Å². The Hall–Kier alpha value is -2.86. The number of ether oxygens (including phenoxy) is 1. The predicted molar refractivity (Wildman–Crippen MR) is 104 cm³/mol. The van der Waals surface area contributed by atoms with Crippen LogP contribution in [0, 0.1) is 6.92 Å². The van der Waals surface area contributed by atoms with E-state index >= 15 is 0 Å². The lowest BCUT2D eigenvalue weighted by atomic mass is 10.1. The number of carbonyl (C=O) groups excluding carboxylic acids is 1. The maximum Gasteiger partial charge on any atom is 0.311 e. The minimum absolute atomic E-state index is 0.113. The van der Waals surface area contributed by atoms with Gasteiger partial charge in [0.25, 0.3) is 10.0 Å². The average Bonchev–Trinajstić information content (AvgIpc) is 3.00. The zero-order valence-corrected chi connectivity index (χ0v) is 16.1. The van der Waals surface area contributed by atoms with Crippen molar-refractivity contribution in [3.8, 4) is 11.3 Å². The molecule has 3 rings (SSSR count). The average molecular weight is 383 g/mol. The van der Waals surface area contributed by atoms with E-state index in [1.165, 1.54) is 3.97 Å². The molecule has 1 heterocycles. The van der Waals surface area contributed by atoms with E-state index < -0.39 is 16.0 Å². The summed E-state index contributed by atoms with van der Waals surface area (Å²) >= 11 is 0. The van der Waals surface area contributed by atoms with Crippen molar-refractivity contribution in [1.29, 1.82) is 0 Å². The van der Waals surface area contributed by atoms with Gasteiger partial charge in [-0.3, -0.25) is 4.79 Å². The normalized spacial score (nSPS) is 11.3. The van der Waals surface area contributed by atoms with Gasteiger partial charge in [-0.2, -0.15) is 0 Å². The number of esters is 1. The molecule has 0 radical (unpaired) electrons. The number of hydrogen-bond acceptors (Lipinski definition) is 4. The summed E-state index contributed by atoms with van der Waals surface area (Å²) in [6.07, 6.45) is -0.113. The molecule has 140 valence electrons. The fourth-order valence-corrected chi connectivity index (χ4v) is 4.62. The number of hydrogen-bond donors (Lipinski definition) is 0. The summed E-state index contributed by atoms with van der Waals surface area (Å²) in [4.78, 5) is 12.3. The number of aromatic nitrogens is 1. The first-order chi connectivity index (χ1) is 12.9. The third-order valence-corrected chi connectivity index (χ3v) is 6.01. The van der Waals surface area contributed by atoms with E-state index in [1.54, 1.807) is 50.2 Å². The molecular weight excluding hydrogens is 362 g/mol. The van der Waals surface area contributed by atoms with Crippen molar-refractivity contribution in [1.82, 2.24) is 3.97 Å². The lowest BCUT2D eigenvalue weighted by molar-refractivity contribution is -0.142. The maximum atomic E-state index is 13.4. The topological polar surface area (TPSA) is 65.4 Å². The van der Waals surface area contributed by atoms with Crippen LogP contribution in [0.5, 0.6) is 0 Å². The van der Waals surface area contributed by atoms with Gasteiger partial charge in [0.15, 0.2) is 0 Å². The molecule has 27 heavy (non-hydrogen) atoms. The van der Waals surface area contributed by atoms with Gasteiger partial charge in [-0.15, -0.1) is 0 Å². The Morgan fingerprint density at radius 3 is 2.19 bits per heavy atom. The molecule has 0 aliphatic heterocycles. The molecule has 1 aromatic heterocycles. The van der Waals surface area contributed by atoms with Crippen molar-refractivity contribution in [2.45, 2.75) is 25.2 Å². The second-order valence-corrected chi connectivity index (χ2v) is 7.88. The third kappa shape index (κ3) is 3.80. The molecule has 0 saturated carbocycles. The summed E-state index contributed by atoms with van der Waals surface area (Å²) in [5, 5.41) is 0. The molecule has 0 unspecified atom stereocenters. The highest BCUT2D eigenvalue weighted by molar-refractivity contribution is 7.90. The molecule has 0 atom stereocenters. The van der Waals surface area contributed by atoms with E-state index in [0.29, 0.717) is 11.4 Å². The zero-order valence-electron chi connectivity index (χ0n) is 15.3. The molecule has 0 aliphatic carbocycles. The first-order valence-corrected chi connectivity index (χ1v) is 10.1. The Labute approximate surface area is 159 Å². The smallest absolute Gasteiger partial charge is 0.311 e. The van der Waals surface area contributed by atoms with Crippen LogP contribution in [0.25, 0.3) is 11.3 Å². The molecule has 2 aromatic carbocycles. The minimum atomic E-state index is -3.88. The van der Waals surface area contributed by atoms with Gasteiger partial charge in [-0.25, -0.2) is 12.4 Å². The molecule has 0 N–H and O–H groups in total. The minimum Gasteiger partial charge on any atom is -0.466 e. The van der Waals surface area contributed by atoms with Gasteiger partial charge >= 0.3 is 5.97 Å². The number of carbonyl (C=O) groups is 1. The van der Waals surface area contributed by atoms with Crippen LogP contribution in [0.1, 0.15) is 18.2 Å². The van der Waals surface area contributed by atoms with Crippen molar-refractivity contribution >= 4 is 16.0 Å². The molecule has 3 aromatic rings. The maximum absolute atomic E-state index is 13.4. The van der Waals surface area contributed by atoms with Crippen molar-refractivity contribution in [3.63, 3.8) is 0 Å². The molecule has 0 bridgehead atoms. The molecule has 6 heteroatoms. The van der Waals surface area contributed by atoms with Crippen molar-refractivity contribution in [3.05, 3.63) is 78.0 Å². The van der Waals surface area contributed by atoms with Crippen LogP contribution in [0.4, 0.5) is 0 Å². The standard InChI is InChI=1S/C21H21NO4S/c1-3-26-21(23)15-19-16(2)14-20(17-10-6-4-7-11-17)22(19)27(24,25)18-12-8-5-9-13-18/h4-14H,3,15H2,1-2H3. The highest BCUT2D eigenvalue weighted by atomic mass is 32.2. The highest BCUT2D eigenvalue weighted by Gasteiger charge is 2.27. The molecule has 0 spiro atoms. The second-order valence-electron chi connectivity index (χ2n) is 6.09. The Morgan fingerprint density at radius 2 is 1.59 bits per heavy atom. The van der Waals surface area contributed by atoms with Crippen molar-refractivity contribution in [2.75, 3.05) is 6.61 Å². The molecule has 5 nitrogen and oxygen atoms in total. The summed E-state index contributed by atoms with van der Waals surface area (Å²) in [5.41, 5.74) is 2.42. The number of rotatable bonds is 6. The number of benzene rings is 2. The van der Waals surface area contributed by atoms with E-state index in [-0.39, 0.29) is 17.9 Å².